The molecule has 1 atom stereocenters. The molecule has 0 amide bonds. The molecule has 0 aliphatic heterocycles. The predicted molar refractivity (Wildman–Crippen MR) is 91.2 cm³/mol. The van der Waals surface area contributed by atoms with E-state index in [2.05, 4.69) is 48.9 Å². The molecule has 3 heteroatoms. The van der Waals surface area contributed by atoms with Gasteiger partial charge >= 0.3 is 0 Å². The molecular weight excluding hydrogens is 278 g/mol. The standard InChI is InChI=1S/C18H25NOS/c1-3-20-18(10-6-7-11-18)17(19-2)12-14-13-21-16-9-5-4-8-15(14)16/h4-5,8-9,13,17,19H,3,6-7,10-12H2,1-2H3. The second-order valence-electron chi connectivity index (χ2n) is 6.01. The monoisotopic (exact) mass is 303 g/mol. The van der Waals surface area contributed by atoms with Crippen LogP contribution in [0.2, 0.25) is 0 Å². The number of benzene rings is 1. The van der Waals surface area contributed by atoms with Gasteiger partial charge in [0.1, 0.15) is 0 Å². The van der Waals surface area contributed by atoms with Gasteiger partial charge in [-0.3, -0.25) is 0 Å². The molecule has 114 valence electrons. The van der Waals surface area contributed by atoms with Crippen LogP contribution in [0.4, 0.5) is 0 Å². The maximum Gasteiger partial charge on any atom is 0.0837 e. The van der Waals surface area contributed by atoms with Crippen molar-refractivity contribution in [3.8, 4) is 0 Å². The summed E-state index contributed by atoms with van der Waals surface area (Å²) in [5.74, 6) is 0. The Kier molecular flexibility index (Phi) is 4.63. The number of thiophene rings is 1. The van der Waals surface area contributed by atoms with Gasteiger partial charge in [-0.2, -0.15) is 0 Å². The average Bonchev–Trinajstić information content (AvgIpc) is 3.13. The Balaban J connectivity index is 1.86. The number of ether oxygens (including phenoxy) is 1. The highest BCUT2D eigenvalue weighted by Gasteiger charge is 2.41. The summed E-state index contributed by atoms with van der Waals surface area (Å²) in [5, 5.41) is 7.28. The first kappa shape index (κ1) is 15.0. The molecule has 1 aliphatic carbocycles. The summed E-state index contributed by atoms with van der Waals surface area (Å²) in [5.41, 5.74) is 1.49. The van der Waals surface area contributed by atoms with Crippen LogP contribution in [-0.4, -0.2) is 25.3 Å². The highest BCUT2D eigenvalue weighted by molar-refractivity contribution is 7.17. The minimum Gasteiger partial charge on any atom is -0.374 e. The van der Waals surface area contributed by atoms with E-state index in [1.54, 1.807) is 0 Å². The average molecular weight is 303 g/mol. The third kappa shape index (κ3) is 2.87. The van der Waals surface area contributed by atoms with E-state index in [0.29, 0.717) is 6.04 Å². The molecule has 1 fully saturated rings. The fourth-order valence-electron chi connectivity index (χ4n) is 3.82. The number of rotatable bonds is 6. The minimum absolute atomic E-state index is 0.0343. The van der Waals surface area contributed by atoms with E-state index in [9.17, 15) is 0 Å². The predicted octanol–water partition coefficient (Wildman–Crippen LogP) is 4.38. The molecule has 1 heterocycles. The molecule has 2 nitrogen and oxygen atoms in total. The molecule has 3 rings (SSSR count). The van der Waals surface area contributed by atoms with Crippen molar-refractivity contribution in [1.29, 1.82) is 0 Å². The molecular formula is C18H25NOS. The fourth-order valence-corrected chi connectivity index (χ4v) is 4.79. The summed E-state index contributed by atoms with van der Waals surface area (Å²) >= 11 is 1.85. The van der Waals surface area contributed by atoms with Crippen LogP contribution in [0.1, 0.15) is 38.2 Å². The van der Waals surface area contributed by atoms with E-state index in [1.165, 1.54) is 41.3 Å². The van der Waals surface area contributed by atoms with Crippen molar-refractivity contribution in [2.75, 3.05) is 13.7 Å². The Morgan fingerprint density at radius 1 is 1.29 bits per heavy atom. The van der Waals surface area contributed by atoms with Crippen molar-refractivity contribution in [2.24, 2.45) is 0 Å². The summed E-state index contributed by atoms with van der Waals surface area (Å²) < 4.78 is 7.63. The number of likely N-dealkylation sites (N-methyl/N-ethyl adjacent to an activating group) is 1. The molecule has 21 heavy (non-hydrogen) atoms. The van der Waals surface area contributed by atoms with Crippen molar-refractivity contribution < 1.29 is 4.74 Å². The molecule has 1 aliphatic rings. The smallest absolute Gasteiger partial charge is 0.0837 e. The Labute approximate surface area is 131 Å². The third-order valence-electron chi connectivity index (χ3n) is 4.85. The number of hydrogen-bond donors (Lipinski definition) is 1. The van der Waals surface area contributed by atoms with Gasteiger partial charge in [-0.25, -0.2) is 0 Å². The van der Waals surface area contributed by atoms with E-state index >= 15 is 0 Å². The van der Waals surface area contributed by atoms with Crippen LogP contribution in [-0.2, 0) is 11.2 Å². The van der Waals surface area contributed by atoms with Gasteiger partial charge in [0.25, 0.3) is 0 Å². The van der Waals surface area contributed by atoms with Crippen LogP contribution in [0.25, 0.3) is 10.1 Å². The Morgan fingerprint density at radius 3 is 2.76 bits per heavy atom. The van der Waals surface area contributed by atoms with Crippen LogP contribution in [0.3, 0.4) is 0 Å². The lowest BCUT2D eigenvalue weighted by Crippen LogP contribution is -2.51. The molecule has 0 radical (unpaired) electrons. The number of nitrogens with one attached hydrogen (secondary N) is 1. The lowest BCUT2D eigenvalue weighted by Gasteiger charge is -2.37. The zero-order valence-corrected chi connectivity index (χ0v) is 13.8. The summed E-state index contributed by atoms with van der Waals surface area (Å²) in [6, 6.07) is 9.12. The second-order valence-corrected chi connectivity index (χ2v) is 6.92. The first-order valence-electron chi connectivity index (χ1n) is 8.05. The maximum atomic E-state index is 6.25. The Bertz CT molecular complexity index is 586. The van der Waals surface area contributed by atoms with Crippen LogP contribution in [0.15, 0.2) is 29.6 Å². The SMILES string of the molecule is CCOC1(C(Cc2csc3ccccc23)NC)CCCC1. The summed E-state index contributed by atoms with van der Waals surface area (Å²) in [7, 11) is 2.08. The van der Waals surface area contributed by atoms with E-state index in [0.717, 1.165) is 13.0 Å². The topological polar surface area (TPSA) is 21.3 Å². The quantitative estimate of drug-likeness (QED) is 0.855. The first-order valence-corrected chi connectivity index (χ1v) is 8.93. The zero-order chi connectivity index (χ0) is 14.7. The summed E-state index contributed by atoms with van der Waals surface area (Å²) in [6.45, 7) is 2.93. The maximum absolute atomic E-state index is 6.25. The van der Waals surface area contributed by atoms with Gasteiger partial charge < -0.3 is 10.1 Å². The third-order valence-corrected chi connectivity index (χ3v) is 5.86. The highest BCUT2D eigenvalue weighted by Crippen LogP contribution is 2.38. The normalized spacial score (nSPS) is 19.1. The summed E-state index contributed by atoms with van der Waals surface area (Å²) in [6.07, 6.45) is 6.02. The van der Waals surface area contributed by atoms with Crippen molar-refractivity contribution in [3.05, 3.63) is 35.2 Å². The lowest BCUT2D eigenvalue weighted by molar-refractivity contribution is -0.0596. The van der Waals surface area contributed by atoms with Gasteiger partial charge in [-0.1, -0.05) is 31.0 Å². The molecule has 1 aromatic carbocycles. The van der Waals surface area contributed by atoms with Crippen LogP contribution < -0.4 is 5.32 Å². The molecule has 1 unspecified atom stereocenters. The van der Waals surface area contributed by atoms with Crippen molar-refractivity contribution in [3.63, 3.8) is 0 Å². The van der Waals surface area contributed by atoms with Crippen molar-refractivity contribution in [2.45, 2.75) is 50.7 Å². The molecule has 0 saturated heterocycles. The molecule has 0 spiro atoms. The van der Waals surface area contributed by atoms with Crippen LogP contribution >= 0.6 is 11.3 Å². The Morgan fingerprint density at radius 2 is 2.05 bits per heavy atom. The van der Waals surface area contributed by atoms with Gasteiger partial charge in [-0.15, -0.1) is 11.3 Å². The minimum atomic E-state index is 0.0343. The van der Waals surface area contributed by atoms with Gasteiger partial charge in [0.15, 0.2) is 0 Å². The van der Waals surface area contributed by atoms with Crippen LogP contribution in [0, 0.1) is 0 Å². The second kappa shape index (κ2) is 6.47. The molecule has 2 aromatic rings. The fraction of sp³-hybridized carbons (Fsp3) is 0.556. The van der Waals surface area contributed by atoms with Crippen molar-refractivity contribution >= 4 is 21.4 Å². The van der Waals surface area contributed by atoms with Crippen molar-refractivity contribution in [1.82, 2.24) is 5.32 Å². The van der Waals surface area contributed by atoms with Gasteiger partial charge in [0, 0.05) is 17.3 Å². The Hall–Kier alpha value is -0.900. The van der Waals surface area contributed by atoms with Gasteiger partial charge in [0.05, 0.1) is 5.60 Å². The van der Waals surface area contributed by atoms with Crippen LogP contribution in [0.5, 0.6) is 0 Å². The van der Waals surface area contributed by atoms with E-state index in [1.807, 2.05) is 11.3 Å². The van der Waals surface area contributed by atoms with E-state index < -0.39 is 0 Å². The number of fused-ring (bicyclic) bond motifs is 1. The molecule has 1 aromatic heterocycles. The van der Waals surface area contributed by atoms with Gasteiger partial charge in [-0.05, 0) is 55.6 Å². The molecule has 1 saturated carbocycles. The zero-order valence-electron chi connectivity index (χ0n) is 13.0. The largest absolute Gasteiger partial charge is 0.374 e. The molecule has 1 N–H and O–H groups in total. The van der Waals surface area contributed by atoms with E-state index in [-0.39, 0.29) is 5.60 Å². The summed E-state index contributed by atoms with van der Waals surface area (Å²) in [4.78, 5) is 0. The first-order chi connectivity index (χ1) is 10.3. The lowest BCUT2D eigenvalue weighted by atomic mass is 9.87. The van der Waals surface area contributed by atoms with E-state index in [4.69, 9.17) is 4.74 Å². The van der Waals surface area contributed by atoms with Gasteiger partial charge in [0.2, 0.25) is 0 Å². The highest BCUT2D eigenvalue weighted by atomic mass is 32.1. The molecule has 0 bridgehead atoms. The number of hydrogen-bond acceptors (Lipinski definition) is 3.